The third-order valence-corrected chi connectivity index (χ3v) is 7.28. The van der Waals surface area contributed by atoms with Gasteiger partial charge in [0.2, 0.25) is 15.9 Å². The lowest BCUT2D eigenvalue weighted by molar-refractivity contribution is -0.117. The van der Waals surface area contributed by atoms with E-state index in [0.717, 1.165) is 16.8 Å². The number of para-hydroxylation sites is 1. The SMILES string of the molecule is O=C(CN1CCN(S(=O)(=O)c2ccccc2)CC1)Nc1ccccc1-c1ccccc1. The average Bonchev–Trinajstić information content (AvgIpc) is 2.81. The molecule has 3 aromatic rings. The van der Waals surface area contributed by atoms with Gasteiger partial charge in [-0.2, -0.15) is 4.31 Å². The molecule has 0 saturated carbocycles. The molecule has 1 fully saturated rings. The van der Waals surface area contributed by atoms with Gasteiger partial charge in [-0.25, -0.2) is 8.42 Å². The van der Waals surface area contributed by atoms with Crippen molar-refractivity contribution in [1.29, 1.82) is 0 Å². The van der Waals surface area contributed by atoms with Gasteiger partial charge >= 0.3 is 0 Å². The van der Waals surface area contributed by atoms with E-state index in [1.165, 1.54) is 4.31 Å². The number of carbonyl (C=O) groups is 1. The molecule has 0 aromatic heterocycles. The molecule has 0 unspecified atom stereocenters. The van der Waals surface area contributed by atoms with Gasteiger partial charge < -0.3 is 5.32 Å². The van der Waals surface area contributed by atoms with Crippen LogP contribution in [0.1, 0.15) is 0 Å². The number of hydrogen-bond donors (Lipinski definition) is 1. The number of piperazine rings is 1. The molecule has 3 aromatic carbocycles. The van der Waals surface area contributed by atoms with Crippen LogP contribution in [0, 0.1) is 0 Å². The molecule has 6 nitrogen and oxygen atoms in total. The van der Waals surface area contributed by atoms with Crippen molar-refractivity contribution in [3.63, 3.8) is 0 Å². The Morgan fingerprint density at radius 2 is 1.35 bits per heavy atom. The van der Waals surface area contributed by atoms with Crippen LogP contribution >= 0.6 is 0 Å². The van der Waals surface area contributed by atoms with Gasteiger partial charge in [0.15, 0.2) is 0 Å². The summed E-state index contributed by atoms with van der Waals surface area (Å²) in [6.07, 6.45) is 0. The molecule has 1 heterocycles. The van der Waals surface area contributed by atoms with Gasteiger partial charge in [-0.05, 0) is 23.8 Å². The van der Waals surface area contributed by atoms with E-state index in [4.69, 9.17) is 0 Å². The Kier molecular flexibility index (Phi) is 6.46. The first-order chi connectivity index (χ1) is 15.0. The lowest BCUT2D eigenvalue weighted by atomic mass is 10.0. The van der Waals surface area contributed by atoms with E-state index in [1.54, 1.807) is 30.3 Å². The molecule has 1 aliphatic heterocycles. The predicted molar refractivity (Wildman–Crippen MR) is 122 cm³/mol. The third kappa shape index (κ3) is 5.02. The second-order valence-electron chi connectivity index (χ2n) is 7.45. The number of nitrogens with zero attached hydrogens (tertiary/aromatic N) is 2. The molecule has 1 saturated heterocycles. The van der Waals surface area contributed by atoms with E-state index < -0.39 is 10.0 Å². The number of rotatable bonds is 6. The summed E-state index contributed by atoms with van der Waals surface area (Å²) in [5.74, 6) is -0.109. The zero-order chi connectivity index (χ0) is 21.7. The van der Waals surface area contributed by atoms with Crippen LogP contribution in [0.4, 0.5) is 5.69 Å². The molecule has 7 heteroatoms. The number of sulfonamides is 1. The third-order valence-electron chi connectivity index (χ3n) is 5.37. The fraction of sp³-hybridized carbons (Fsp3) is 0.208. The summed E-state index contributed by atoms with van der Waals surface area (Å²) in [6.45, 7) is 1.98. The second-order valence-corrected chi connectivity index (χ2v) is 9.39. The Morgan fingerprint density at radius 3 is 2.03 bits per heavy atom. The largest absolute Gasteiger partial charge is 0.324 e. The van der Waals surface area contributed by atoms with Crippen molar-refractivity contribution in [2.24, 2.45) is 0 Å². The van der Waals surface area contributed by atoms with Crippen molar-refractivity contribution >= 4 is 21.6 Å². The van der Waals surface area contributed by atoms with E-state index in [2.05, 4.69) is 5.32 Å². The highest BCUT2D eigenvalue weighted by Gasteiger charge is 2.28. The summed E-state index contributed by atoms with van der Waals surface area (Å²) in [4.78, 5) is 15.0. The molecule has 1 aliphatic rings. The van der Waals surface area contributed by atoms with Crippen LogP contribution in [0.25, 0.3) is 11.1 Å². The molecule has 160 valence electrons. The minimum Gasteiger partial charge on any atom is -0.324 e. The summed E-state index contributed by atoms with van der Waals surface area (Å²) in [7, 11) is -3.49. The van der Waals surface area contributed by atoms with Crippen LogP contribution in [0.2, 0.25) is 0 Å². The maximum absolute atomic E-state index is 12.8. The van der Waals surface area contributed by atoms with Crippen molar-refractivity contribution in [2.75, 3.05) is 38.0 Å². The van der Waals surface area contributed by atoms with E-state index in [-0.39, 0.29) is 12.5 Å². The monoisotopic (exact) mass is 435 g/mol. The first-order valence-electron chi connectivity index (χ1n) is 10.3. The molecule has 31 heavy (non-hydrogen) atoms. The Hall–Kier alpha value is -3.00. The highest BCUT2D eigenvalue weighted by atomic mass is 32.2. The maximum atomic E-state index is 12.8. The van der Waals surface area contributed by atoms with E-state index in [0.29, 0.717) is 31.1 Å². The van der Waals surface area contributed by atoms with Gasteiger partial charge in [-0.15, -0.1) is 0 Å². The van der Waals surface area contributed by atoms with Gasteiger partial charge in [-0.3, -0.25) is 9.69 Å². The Morgan fingerprint density at radius 1 is 0.774 bits per heavy atom. The number of amides is 1. The number of carbonyl (C=O) groups excluding carboxylic acids is 1. The molecule has 0 aliphatic carbocycles. The van der Waals surface area contributed by atoms with Gasteiger partial charge in [-0.1, -0.05) is 66.7 Å². The van der Waals surface area contributed by atoms with Crippen LogP contribution < -0.4 is 5.32 Å². The smallest absolute Gasteiger partial charge is 0.243 e. The van der Waals surface area contributed by atoms with E-state index in [1.807, 2.05) is 59.5 Å². The molecule has 1 amide bonds. The fourth-order valence-electron chi connectivity index (χ4n) is 3.72. The van der Waals surface area contributed by atoms with Gasteiger partial charge in [0.25, 0.3) is 0 Å². The number of benzene rings is 3. The minimum atomic E-state index is -3.49. The van der Waals surface area contributed by atoms with E-state index in [9.17, 15) is 13.2 Å². The molecule has 1 N–H and O–H groups in total. The lowest BCUT2D eigenvalue weighted by Gasteiger charge is -2.33. The lowest BCUT2D eigenvalue weighted by Crippen LogP contribution is -2.50. The summed E-state index contributed by atoms with van der Waals surface area (Å²) in [5, 5.41) is 3.01. The fourth-order valence-corrected chi connectivity index (χ4v) is 5.17. The van der Waals surface area contributed by atoms with Crippen molar-refractivity contribution in [3.05, 3.63) is 84.9 Å². The zero-order valence-corrected chi connectivity index (χ0v) is 18.0. The van der Waals surface area contributed by atoms with Crippen LogP contribution in [0.3, 0.4) is 0 Å². The van der Waals surface area contributed by atoms with Crippen molar-refractivity contribution in [2.45, 2.75) is 4.90 Å². The van der Waals surface area contributed by atoms with Crippen LogP contribution in [-0.2, 0) is 14.8 Å². The van der Waals surface area contributed by atoms with Crippen LogP contribution in [0.5, 0.6) is 0 Å². The van der Waals surface area contributed by atoms with Crippen molar-refractivity contribution < 1.29 is 13.2 Å². The van der Waals surface area contributed by atoms with E-state index >= 15 is 0 Å². The first-order valence-corrected chi connectivity index (χ1v) is 11.7. The van der Waals surface area contributed by atoms with Crippen molar-refractivity contribution in [3.8, 4) is 11.1 Å². The first kappa shape index (κ1) is 21.2. The summed E-state index contributed by atoms with van der Waals surface area (Å²) in [5.41, 5.74) is 2.78. The van der Waals surface area contributed by atoms with Crippen molar-refractivity contribution in [1.82, 2.24) is 9.21 Å². The van der Waals surface area contributed by atoms with Gasteiger partial charge in [0.05, 0.1) is 11.4 Å². The predicted octanol–water partition coefficient (Wildman–Crippen LogP) is 3.30. The molecule has 0 atom stereocenters. The summed E-state index contributed by atoms with van der Waals surface area (Å²) in [6, 6.07) is 26.1. The van der Waals surface area contributed by atoms with Gasteiger partial charge in [0.1, 0.15) is 0 Å². The molecule has 0 bridgehead atoms. The summed E-state index contributed by atoms with van der Waals surface area (Å²) >= 11 is 0. The Labute approximate surface area is 183 Å². The number of anilines is 1. The molecule has 4 rings (SSSR count). The van der Waals surface area contributed by atoms with Gasteiger partial charge in [0, 0.05) is 37.4 Å². The highest BCUT2D eigenvalue weighted by molar-refractivity contribution is 7.89. The Balaban J connectivity index is 1.36. The minimum absolute atomic E-state index is 0.109. The highest BCUT2D eigenvalue weighted by Crippen LogP contribution is 2.27. The Bertz CT molecular complexity index is 1130. The van der Waals surface area contributed by atoms with Crippen LogP contribution in [-0.4, -0.2) is 56.3 Å². The second kappa shape index (κ2) is 9.43. The zero-order valence-electron chi connectivity index (χ0n) is 17.1. The van der Waals surface area contributed by atoms with Crippen LogP contribution in [0.15, 0.2) is 89.8 Å². The number of nitrogens with one attached hydrogen (secondary N) is 1. The normalized spacial score (nSPS) is 15.5. The molecule has 0 spiro atoms. The molecular weight excluding hydrogens is 410 g/mol. The molecular formula is C24H25N3O3S. The number of hydrogen-bond acceptors (Lipinski definition) is 4. The quantitative estimate of drug-likeness (QED) is 0.645. The maximum Gasteiger partial charge on any atom is 0.243 e. The standard InChI is InChI=1S/C24H25N3O3S/c28-24(25-23-14-8-7-13-22(23)20-9-3-1-4-10-20)19-26-15-17-27(18-16-26)31(29,30)21-11-5-2-6-12-21/h1-14H,15-19H2,(H,25,28). The molecule has 0 radical (unpaired) electrons. The summed E-state index contributed by atoms with van der Waals surface area (Å²) < 4.78 is 27.0. The average molecular weight is 436 g/mol. The topological polar surface area (TPSA) is 69.7 Å².